The van der Waals surface area contributed by atoms with Gasteiger partial charge >= 0.3 is 0 Å². The molecule has 1 aliphatic rings. The predicted molar refractivity (Wildman–Crippen MR) is 91.8 cm³/mol. The van der Waals surface area contributed by atoms with Crippen LogP contribution < -0.4 is 5.32 Å². The normalized spacial score (nSPS) is 18.7. The first-order valence-corrected chi connectivity index (χ1v) is 8.44. The van der Waals surface area contributed by atoms with E-state index in [4.69, 9.17) is 0 Å². The Balaban J connectivity index is 1.53. The monoisotopic (exact) mass is 313 g/mol. The van der Waals surface area contributed by atoms with Crippen molar-refractivity contribution in [3.05, 3.63) is 60.2 Å². The van der Waals surface area contributed by atoms with Gasteiger partial charge < -0.3 is 5.32 Å². The first-order chi connectivity index (χ1) is 11.3. The molecular formula is C19H24FN3. The van der Waals surface area contributed by atoms with Gasteiger partial charge in [-0.2, -0.15) is 0 Å². The lowest BCUT2D eigenvalue weighted by Crippen LogP contribution is -2.40. The van der Waals surface area contributed by atoms with Crippen LogP contribution in [0.25, 0.3) is 0 Å². The molecular weight excluding hydrogens is 289 g/mol. The standard InChI is InChI=1S/C19H24FN3/c20-18-14-21-11-10-19(18)22-12-9-17-8-4-5-13-23(17)15-16-6-2-1-3-7-16/h1-3,6-7,10-11,14,17H,4-5,8-9,12-13,15H2,(H,21,22). The third-order valence-corrected chi connectivity index (χ3v) is 4.54. The van der Waals surface area contributed by atoms with Crippen molar-refractivity contribution in [3.63, 3.8) is 0 Å². The predicted octanol–water partition coefficient (Wildman–Crippen LogP) is 4.08. The largest absolute Gasteiger partial charge is 0.383 e. The lowest BCUT2D eigenvalue weighted by Gasteiger charge is -2.36. The fraction of sp³-hybridized carbons (Fsp3) is 0.421. The Morgan fingerprint density at radius 1 is 1.17 bits per heavy atom. The third-order valence-electron chi connectivity index (χ3n) is 4.54. The van der Waals surface area contributed by atoms with Gasteiger partial charge in [0.15, 0.2) is 5.82 Å². The van der Waals surface area contributed by atoms with Crippen LogP contribution in [0.2, 0.25) is 0 Å². The fourth-order valence-corrected chi connectivity index (χ4v) is 3.31. The fourth-order valence-electron chi connectivity index (χ4n) is 3.31. The topological polar surface area (TPSA) is 28.2 Å². The number of rotatable bonds is 6. The van der Waals surface area contributed by atoms with Crippen molar-refractivity contribution in [1.82, 2.24) is 9.88 Å². The van der Waals surface area contributed by atoms with Crippen LogP contribution in [0.15, 0.2) is 48.8 Å². The van der Waals surface area contributed by atoms with Gasteiger partial charge in [0.25, 0.3) is 0 Å². The third kappa shape index (κ3) is 4.52. The number of nitrogens with one attached hydrogen (secondary N) is 1. The van der Waals surface area contributed by atoms with Gasteiger partial charge in [0, 0.05) is 25.3 Å². The molecule has 1 fully saturated rings. The van der Waals surface area contributed by atoms with Crippen molar-refractivity contribution in [2.75, 3.05) is 18.4 Å². The van der Waals surface area contributed by atoms with Gasteiger partial charge in [0.1, 0.15) is 0 Å². The highest BCUT2D eigenvalue weighted by Gasteiger charge is 2.22. The molecule has 1 atom stereocenters. The zero-order valence-electron chi connectivity index (χ0n) is 13.4. The summed E-state index contributed by atoms with van der Waals surface area (Å²) in [6, 6.07) is 12.9. The van der Waals surface area contributed by atoms with Crippen LogP contribution in [0.1, 0.15) is 31.2 Å². The number of nitrogens with zero attached hydrogens (tertiary/aromatic N) is 2. The van der Waals surface area contributed by atoms with Crippen LogP contribution in [0.4, 0.5) is 10.1 Å². The van der Waals surface area contributed by atoms with E-state index in [1.165, 1.54) is 31.0 Å². The zero-order valence-corrected chi connectivity index (χ0v) is 13.4. The molecule has 2 heterocycles. The second-order valence-electron chi connectivity index (χ2n) is 6.18. The van der Waals surface area contributed by atoms with Crippen molar-refractivity contribution in [3.8, 4) is 0 Å². The zero-order chi connectivity index (χ0) is 15.9. The van der Waals surface area contributed by atoms with Crippen molar-refractivity contribution in [2.24, 2.45) is 0 Å². The van der Waals surface area contributed by atoms with Gasteiger partial charge in [-0.15, -0.1) is 0 Å². The summed E-state index contributed by atoms with van der Waals surface area (Å²) in [5.74, 6) is -0.280. The Kier molecular flexibility index (Phi) is 5.59. The van der Waals surface area contributed by atoms with Crippen molar-refractivity contribution in [1.29, 1.82) is 0 Å². The second kappa shape index (κ2) is 8.06. The molecule has 4 heteroatoms. The summed E-state index contributed by atoms with van der Waals surface area (Å²) in [5, 5.41) is 3.20. The lowest BCUT2D eigenvalue weighted by atomic mass is 9.98. The summed E-state index contributed by atoms with van der Waals surface area (Å²) in [5.41, 5.74) is 1.91. The maximum atomic E-state index is 13.6. The molecule has 3 rings (SSSR count). The summed E-state index contributed by atoms with van der Waals surface area (Å²) in [7, 11) is 0. The summed E-state index contributed by atoms with van der Waals surface area (Å²) >= 11 is 0. The van der Waals surface area contributed by atoms with E-state index in [0.29, 0.717) is 11.7 Å². The number of piperidine rings is 1. The molecule has 23 heavy (non-hydrogen) atoms. The quantitative estimate of drug-likeness (QED) is 0.871. The number of hydrogen-bond donors (Lipinski definition) is 1. The van der Waals surface area contributed by atoms with E-state index in [1.807, 2.05) is 0 Å². The van der Waals surface area contributed by atoms with E-state index in [-0.39, 0.29) is 5.82 Å². The Labute approximate surface area is 137 Å². The molecule has 0 radical (unpaired) electrons. The van der Waals surface area contributed by atoms with E-state index in [1.54, 1.807) is 12.3 Å². The summed E-state index contributed by atoms with van der Waals surface area (Å²) in [6.45, 7) is 2.95. The number of halogens is 1. The van der Waals surface area contributed by atoms with E-state index >= 15 is 0 Å². The average molecular weight is 313 g/mol. The lowest BCUT2D eigenvalue weighted by molar-refractivity contribution is 0.135. The number of pyridine rings is 1. The number of anilines is 1. The highest BCUT2D eigenvalue weighted by atomic mass is 19.1. The molecule has 1 N–H and O–H groups in total. The van der Waals surface area contributed by atoms with Gasteiger partial charge in [-0.25, -0.2) is 4.39 Å². The SMILES string of the molecule is Fc1cnccc1NCCC1CCCCN1Cc1ccccc1. The van der Waals surface area contributed by atoms with Gasteiger partial charge in [0.2, 0.25) is 0 Å². The van der Waals surface area contributed by atoms with Crippen LogP contribution in [-0.2, 0) is 6.54 Å². The summed E-state index contributed by atoms with van der Waals surface area (Å²) in [6.07, 6.45) is 7.70. The molecule has 122 valence electrons. The molecule has 0 bridgehead atoms. The maximum absolute atomic E-state index is 13.6. The van der Waals surface area contributed by atoms with E-state index in [9.17, 15) is 4.39 Å². The molecule has 0 amide bonds. The van der Waals surface area contributed by atoms with Gasteiger partial charge in [-0.1, -0.05) is 36.8 Å². The minimum absolute atomic E-state index is 0.280. The first-order valence-electron chi connectivity index (χ1n) is 8.44. The molecule has 2 aromatic rings. The van der Waals surface area contributed by atoms with Gasteiger partial charge in [-0.05, 0) is 37.4 Å². The van der Waals surface area contributed by atoms with E-state index in [2.05, 4.69) is 45.5 Å². The van der Waals surface area contributed by atoms with E-state index in [0.717, 1.165) is 26.1 Å². The van der Waals surface area contributed by atoms with Crippen molar-refractivity contribution in [2.45, 2.75) is 38.3 Å². The van der Waals surface area contributed by atoms with Crippen molar-refractivity contribution < 1.29 is 4.39 Å². The number of hydrogen-bond acceptors (Lipinski definition) is 3. The molecule has 1 saturated heterocycles. The van der Waals surface area contributed by atoms with E-state index < -0.39 is 0 Å². The molecule has 1 aromatic heterocycles. The summed E-state index contributed by atoms with van der Waals surface area (Å²) < 4.78 is 13.6. The minimum Gasteiger partial charge on any atom is -0.383 e. The highest BCUT2D eigenvalue weighted by molar-refractivity contribution is 5.42. The van der Waals surface area contributed by atoms with Crippen LogP contribution >= 0.6 is 0 Å². The van der Waals surface area contributed by atoms with Gasteiger partial charge in [-0.3, -0.25) is 9.88 Å². The molecule has 3 nitrogen and oxygen atoms in total. The average Bonchev–Trinajstić information content (AvgIpc) is 2.59. The molecule has 0 spiro atoms. The van der Waals surface area contributed by atoms with Crippen LogP contribution in [0.3, 0.4) is 0 Å². The molecule has 0 saturated carbocycles. The smallest absolute Gasteiger partial charge is 0.164 e. The van der Waals surface area contributed by atoms with Crippen LogP contribution in [-0.4, -0.2) is 29.0 Å². The van der Waals surface area contributed by atoms with Crippen molar-refractivity contribution >= 4 is 5.69 Å². The Hall–Kier alpha value is -1.94. The summed E-state index contributed by atoms with van der Waals surface area (Å²) in [4.78, 5) is 6.35. The molecule has 1 aliphatic heterocycles. The minimum atomic E-state index is -0.280. The number of benzene rings is 1. The molecule has 1 aromatic carbocycles. The Morgan fingerprint density at radius 3 is 2.87 bits per heavy atom. The number of likely N-dealkylation sites (tertiary alicyclic amines) is 1. The molecule has 1 unspecified atom stereocenters. The van der Waals surface area contributed by atoms with Gasteiger partial charge in [0.05, 0.1) is 11.9 Å². The highest BCUT2D eigenvalue weighted by Crippen LogP contribution is 2.22. The Morgan fingerprint density at radius 2 is 2.04 bits per heavy atom. The number of aromatic nitrogens is 1. The maximum Gasteiger partial charge on any atom is 0.164 e. The Bertz CT molecular complexity index is 603. The second-order valence-corrected chi connectivity index (χ2v) is 6.18. The first kappa shape index (κ1) is 15.9. The van der Waals surface area contributed by atoms with Crippen LogP contribution in [0.5, 0.6) is 0 Å². The van der Waals surface area contributed by atoms with Crippen LogP contribution in [0, 0.1) is 5.82 Å². The molecule has 0 aliphatic carbocycles.